The van der Waals surface area contributed by atoms with E-state index in [1.165, 1.54) is 10.9 Å². The van der Waals surface area contributed by atoms with Gasteiger partial charge in [-0.25, -0.2) is 10.5 Å². The summed E-state index contributed by atoms with van der Waals surface area (Å²) in [6.07, 6.45) is 1.45. The number of nitrogens with two attached hydrogens (primary N) is 1. The van der Waals surface area contributed by atoms with Crippen molar-refractivity contribution in [2.45, 2.75) is 6.73 Å². The highest BCUT2D eigenvalue weighted by Crippen LogP contribution is 2.26. The van der Waals surface area contributed by atoms with Crippen molar-refractivity contribution in [3.8, 4) is 5.75 Å². The highest BCUT2D eigenvalue weighted by molar-refractivity contribution is 6.42. The van der Waals surface area contributed by atoms with Crippen LogP contribution in [0.4, 0.5) is 0 Å². The second kappa shape index (κ2) is 6.32. The van der Waals surface area contributed by atoms with Crippen LogP contribution in [0.15, 0.2) is 24.4 Å². The molecular formula is C11H9Cl3N4O2. The number of nitrogens with one attached hydrogen (secondary N) is 1. The summed E-state index contributed by atoms with van der Waals surface area (Å²) in [5, 5.41) is 4.93. The molecule has 0 aliphatic rings. The number of nitrogen functional groups attached to an aromatic ring is 1. The molecule has 20 heavy (non-hydrogen) atoms. The summed E-state index contributed by atoms with van der Waals surface area (Å²) in [6.45, 7) is 0.0511. The Morgan fingerprint density at radius 2 is 2.05 bits per heavy atom. The van der Waals surface area contributed by atoms with Crippen LogP contribution in [-0.4, -0.2) is 15.7 Å². The average Bonchev–Trinajstić information content (AvgIpc) is 2.80. The second-order valence-corrected chi connectivity index (χ2v) is 4.91. The first-order valence-electron chi connectivity index (χ1n) is 5.33. The molecule has 1 heterocycles. The third-order valence-corrected chi connectivity index (χ3v) is 3.33. The maximum absolute atomic E-state index is 11.3. The number of hydrazine groups is 1. The summed E-state index contributed by atoms with van der Waals surface area (Å²) in [6, 6.07) is 4.85. The Kier molecular flexibility index (Phi) is 4.72. The van der Waals surface area contributed by atoms with Gasteiger partial charge in [-0.15, -0.1) is 0 Å². The van der Waals surface area contributed by atoms with E-state index in [9.17, 15) is 4.79 Å². The minimum Gasteiger partial charge on any atom is -0.471 e. The van der Waals surface area contributed by atoms with Gasteiger partial charge in [-0.2, -0.15) is 5.10 Å². The van der Waals surface area contributed by atoms with E-state index in [0.29, 0.717) is 15.8 Å². The summed E-state index contributed by atoms with van der Waals surface area (Å²) in [4.78, 5) is 11.3. The number of amides is 1. The van der Waals surface area contributed by atoms with Crippen LogP contribution >= 0.6 is 34.8 Å². The number of rotatable bonds is 4. The molecule has 0 radical (unpaired) electrons. The number of halogens is 3. The van der Waals surface area contributed by atoms with Crippen molar-refractivity contribution in [1.29, 1.82) is 0 Å². The van der Waals surface area contributed by atoms with Crippen molar-refractivity contribution in [3.63, 3.8) is 0 Å². The quantitative estimate of drug-likeness (QED) is 0.511. The van der Waals surface area contributed by atoms with Crippen LogP contribution in [0.3, 0.4) is 0 Å². The van der Waals surface area contributed by atoms with E-state index < -0.39 is 5.91 Å². The van der Waals surface area contributed by atoms with Gasteiger partial charge in [-0.3, -0.25) is 10.2 Å². The zero-order valence-corrected chi connectivity index (χ0v) is 12.2. The van der Waals surface area contributed by atoms with Crippen molar-refractivity contribution >= 4 is 40.7 Å². The molecule has 0 saturated heterocycles. The highest BCUT2D eigenvalue weighted by atomic mass is 35.5. The van der Waals surface area contributed by atoms with Gasteiger partial charge in [0.15, 0.2) is 12.4 Å². The summed E-state index contributed by atoms with van der Waals surface area (Å²) in [5.41, 5.74) is 1.97. The molecule has 2 rings (SSSR count). The number of carbonyl (C=O) groups is 1. The number of nitrogens with zero attached hydrogens (tertiary/aromatic N) is 2. The molecule has 0 aliphatic carbocycles. The number of hydrogen-bond acceptors (Lipinski definition) is 4. The van der Waals surface area contributed by atoms with Crippen molar-refractivity contribution in [2.75, 3.05) is 0 Å². The fourth-order valence-corrected chi connectivity index (χ4v) is 1.92. The lowest BCUT2D eigenvalue weighted by Gasteiger charge is -2.06. The van der Waals surface area contributed by atoms with Crippen LogP contribution < -0.4 is 16.0 Å². The monoisotopic (exact) mass is 334 g/mol. The van der Waals surface area contributed by atoms with Gasteiger partial charge < -0.3 is 4.74 Å². The van der Waals surface area contributed by atoms with E-state index in [4.69, 9.17) is 45.4 Å². The van der Waals surface area contributed by atoms with Gasteiger partial charge in [0.05, 0.1) is 15.1 Å². The Hall–Kier alpha value is -1.47. The predicted octanol–water partition coefficient (Wildman–Crippen LogP) is 2.48. The zero-order chi connectivity index (χ0) is 14.7. The van der Waals surface area contributed by atoms with Crippen molar-refractivity contribution in [1.82, 2.24) is 15.2 Å². The van der Waals surface area contributed by atoms with Gasteiger partial charge in [0.2, 0.25) is 0 Å². The first kappa shape index (κ1) is 14.9. The predicted molar refractivity (Wildman–Crippen MR) is 76.0 cm³/mol. The second-order valence-electron chi connectivity index (χ2n) is 3.69. The molecule has 0 bridgehead atoms. The molecule has 1 amide bonds. The third kappa shape index (κ3) is 3.34. The summed E-state index contributed by atoms with van der Waals surface area (Å²) in [5.74, 6) is 4.94. The van der Waals surface area contributed by atoms with Crippen LogP contribution in [0, 0.1) is 0 Å². The first-order chi connectivity index (χ1) is 9.51. The van der Waals surface area contributed by atoms with Crippen LogP contribution in [0.1, 0.15) is 10.5 Å². The van der Waals surface area contributed by atoms with Gasteiger partial charge in [-0.1, -0.05) is 34.8 Å². The molecule has 2 aromatic rings. The number of benzene rings is 1. The Bertz CT molecular complexity index is 645. The molecule has 3 N–H and O–H groups in total. The first-order valence-corrected chi connectivity index (χ1v) is 6.46. The largest absolute Gasteiger partial charge is 0.471 e. The molecule has 0 aliphatic heterocycles. The molecule has 0 spiro atoms. The minimum absolute atomic E-state index is 0.0203. The van der Waals surface area contributed by atoms with Crippen LogP contribution in [0.2, 0.25) is 15.1 Å². The van der Waals surface area contributed by atoms with E-state index in [1.54, 1.807) is 18.2 Å². The molecular weight excluding hydrogens is 327 g/mol. The highest BCUT2D eigenvalue weighted by Gasteiger charge is 2.14. The van der Waals surface area contributed by atoms with E-state index in [1.807, 2.05) is 5.43 Å². The van der Waals surface area contributed by atoms with Gasteiger partial charge in [-0.05, 0) is 12.1 Å². The zero-order valence-electron chi connectivity index (χ0n) is 9.94. The molecule has 0 unspecified atom stereocenters. The van der Waals surface area contributed by atoms with E-state index in [0.717, 1.165) is 0 Å². The maximum Gasteiger partial charge on any atom is 0.287 e. The number of aromatic nitrogens is 2. The minimum atomic E-state index is -0.580. The molecule has 6 nitrogen and oxygen atoms in total. The molecule has 1 aromatic carbocycles. The van der Waals surface area contributed by atoms with Gasteiger partial charge in [0.25, 0.3) is 5.91 Å². The number of carbonyl (C=O) groups excluding carboxylic acids is 1. The summed E-state index contributed by atoms with van der Waals surface area (Å²) >= 11 is 17.5. The Balaban J connectivity index is 2.07. The van der Waals surface area contributed by atoms with Gasteiger partial charge in [0, 0.05) is 12.3 Å². The Morgan fingerprint density at radius 1 is 1.30 bits per heavy atom. The summed E-state index contributed by atoms with van der Waals surface area (Å²) in [7, 11) is 0. The van der Waals surface area contributed by atoms with Crippen molar-refractivity contribution in [3.05, 3.63) is 45.2 Å². The molecule has 9 heteroatoms. The average molecular weight is 336 g/mol. The van der Waals surface area contributed by atoms with Gasteiger partial charge in [0.1, 0.15) is 5.75 Å². The van der Waals surface area contributed by atoms with Crippen LogP contribution in [-0.2, 0) is 6.73 Å². The number of ether oxygens (including phenoxy) is 1. The normalized spacial score (nSPS) is 10.4. The smallest absolute Gasteiger partial charge is 0.287 e. The Morgan fingerprint density at radius 3 is 2.70 bits per heavy atom. The number of hydrogen-bond donors (Lipinski definition) is 2. The summed E-state index contributed by atoms with van der Waals surface area (Å²) < 4.78 is 6.80. The fourth-order valence-electron chi connectivity index (χ4n) is 1.39. The van der Waals surface area contributed by atoms with Crippen LogP contribution in [0.25, 0.3) is 0 Å². The SMILES string of the molecule is NNC(=O)c1nn(COc2ccc(Cl)c(Cl)c2)cc1Cl. The van der Waals surface area contributed by atoms with Crippen molar-refractivity contribution < 1.29 is 9.53 Å². The lowest BCUT2D eigenvalue weighted by molar-refractivity contribution is 0.0946. The topological polar surface area (TPSA) is 82.2 Å². The fraction of sp³-hybridized carbons (Fsp3) is 0.0909. The lowest BCUT2D eigenvalue weighted by atomic mass is 10.3. The molecule has 0 atom stereocenters. The van der Waals surface area contributed by atoms with E-state index in [-0.39, 0.29) is 17.4 Å². The van der Waals surface area contributed by atoms with E-state index in [2.05, 4.69) is 5.10 Å². The molecule has 106 valence electrons. The third-order valence-electron chi connectivity index (χ3n) is 2.32. The van der Waals surface area contributed by atoms with Crippen molar-refractivity contribution in [2.24, 2.45) is 5.84 Å². The molecule has 0 fully saturated rings. The maximum atomic E-state index is 11.3. The van der Waals surface area contributed by atoms with Crippen LogP contribution in [0.5, 0.6) is 5.75 Å². The molecule has 0 saturated carbocycles. The lowest BCUT2D eigenvalue weighted by Crippen LogP contribution is -2.30. The standard InChI is InChI=1S/C11H9Cl3N4O2/c12-7-2-1-6(3-8(7)13)20-5-18-4-9(14)10(17-18)11(19)16-15/h1-4H,5,15H2,(H,16,19). The molecule has 1 aromatic heterocycles. The van der Waals surface area contributed by atoms with Gasteiger partial charge >= 0.3 is 0 Å². The van der Waals surface area contributed by atoms with E-state index >= 15 is 0 Å². The Labute approximate surface area is 129 Å².